The Morgan fingerprint density at radius 1 is 1.24 bits per heavy atom. The molecule has 0 saturated heterocycles. The van der Waals surface area contributed by atoms with Gasteiger partial charge in [-0.15, -0.1) is 0 Å². The molecule has 0 spiro atoms. The normalized spacial score (nSPS) is 13.6. The number of benzene rings is 1. The predicted molar refractivity (Wildman–Crippen MR) is 84.0 cm³/mol. The molecular formula is C14H13BrN6. The third-order valence-electron chi connectivity index (χ3n) is 3.20. The fourth-order valence-corrected chi connectivity index (χ4v) is 2.34. The molecule has 1 aliphatic carbocycles. The van der Waals surface area contributed by atoms with Crippen LogP contribution in [0.3, 0.4) is 0 Å². The van der Waals surface area contributed by atoms with E-state index >= 15 is 0 Å². The van der Waals surface area contributed by atoms with Crippen molar-refractivity contribution in [1.29, 1.82) is 5.26 Å². The van der Waals surface area contributed by atoms with Gasteiger partial charge in [0.15, 0.2) is 0 Å². The van der Waals surface area contributed by atoms with Crippen LogP contribution in [0.15, 0.2) is 28.7 Å². The minimum Gasteiger partial charge on any atom is -0.339 e. The second-order valence-electron chi connectivity index (χ2n) is 4.84. The molecule has 6 nitrogen and oxygen atoms in total. The number of hydrogen-bond donors (Lipinski definition) is 3. The molecule has 0 radical (unpaired) electrons. The monoisotopic (exact) mass is 344 g/mol. The van der Waals surface area contributed by atoms with Crippen LogP contribution in [-0.4, -0.2) is 9.97 Å². The van der Waals surface area contributed by atoms with Crippen molar-refractivity contribution in [3.8, 4) is 6.07 Å². The van der Waals surface area contributed by atoms with Gasteiger partial charge in [0.25, 0.3) is 0 Å². The number of nitrogens with two attached hydrogens (primary N) is 1. The number of nitrogens with zero attached hydrogens (tertiary/aromatic N) is 3. The highest BCUT2D eigenvalue weighted by Crippen LogP contribution is 2.39. The molecule has 0 aliphatic heterocycles. The Morgan fingerprint density at radius 2 is 2.00 bits per heavy atom. The molecule has 0 bridgehead atoms. The number of anilines is 3. The Kier molecular flexibility index (Phi) is 3.73. The summed E-state index contributed by atoms with van der Waals surface area (Å²) in [5.41, 5.74) is 3.79. The van der Waals surface area contributed by atoms with Crippen molar-refractivity contribution < 1.29 is 0 Å². The maximum absolute atomic E-state index is 9.20. The molecule has 2 aromatic rings. The topological polar surface area (TPSA) is 99.7 Å². The molecule has 0 atom stereocenters. The van der Waals surface area contributed by atoms with Gasteiger partial charge in [-0.1, -0.05) is 15.9 Å². The zero-order valence-corrected chi connectivity index (χ0v) is 12.7. The minimum absolute atomic E-state index is 0.416. The lowest BCUT2D eigenvalue weighted by Gasteiger charge is -2.10. The van der Waals surface area contributed by atoms with Crippen molar-refractivity contribution in [2.45, 2.75) is 18.8 Å². The number of nitrogens with one attached hydrogen (secondary N) is 2. The van der Waals surface area contributed by atoms with E-state index in [0.29, 0.717) is 28.8 Å². The molecule has 1 fully saturated rings. The highest BCUT2D eigenvalue weighted by Gasteiger charge is 2.27. The average molecular weight is 345 g/mol. The molecular weight excluding hydrogens is 332 g/mol. The minimum atomic E-state index is 0.416. The standard InChI is InChI=1S/C14H13BrN6/c15-10-3-4-11(9(5-10)7-16)18-12-6-13(21-17)20-14(19-12)8-1-2-8/h3-6,8H,1-2,17H2,(H2,18,19,20,21). The summed E-state index contributed by atoms with van der Waals surface area (Å²) >= 11 is 3.35. The van der Waals surface area contributed by atoms with Crippen molar-refractivity contribution in [3.05, 3.63) is 40.1 Å². The van der Waals surface area contributed by atoms with Crippen molar-refractivity contribution in [3.63, 3.8) is 0 Å². The zero-order valence-electron chi connectivity index (χ0n) is 11.1. The number of hydrazine groups is 1. The number of hydrogen-bond acceptors (Lipinski definition) is 6. The van der Waals surface area contributed by atoms with E-state index in [0.717, 1.165) is 23.1 Å². The largest absolute Gasteiger partial charge is 0.339 e. The summed E-state index contributed by atoms with van der Waals surface area (Å²) < 4.78 is 0.857. The first-order valence-corrected chi connectivity index (χ1v) is 7.31. The van der Waals surface area contributed by atoms with E-state index in [9.17, 15) is 5.26 Å². The second-order valence-corrected chi connectivity index (χ2v) is 5.76. The summed E-state index contributed by atoms with van der Waals surface area (Å²) in [6, 6.07) is 9.33. The van der Waals surface area contributed by atoms with Crippen LogP contribution in [0.4, 0.5) is 17.3 Å². The van der Waals surface area contributed by atoms with Crippen LogP contribution < -0.4 is 16.6 Å². The van der Waals surface area contributed by atoms with E-state index in [4.69, 9.17) is 5.84 Å². The molecule has 21 heavy (non-hydrogen) atoms. The fourth-order valence-electron chi connectivity index (χ4n) is 1.98. The zero-order chi connectivity index (χ0) is 14.8. The van der Waals surface area contributed by atoms with E-state index in [2.05, 4.69) is 42.7 Å². The summed E-state index contributed by atoms with van der Waals surface area (Å²) in [5, 5.41) is 12.4. The molecule has 1 aromatic carbocycles. The molecule has 1 aromatic heterocycles. The molecule has 0 unspecified atom stereocenters. The molecule has 3 rings (SSSR count). The maximum Gasteiger partial charge on any atom is 0.145 e. The van der Waals surface area contributed by atoms with Gasteiger partial charge in [0.1, 0.15) is 23.5 Å². The lowest BCUT2D eigenvalue weighted by atomic mass is 10.2. The molecule has 7 heteroatoms. The molecule has 1 saturated carbocycles. The van der Waals surface area contributed by atoms with Gasteiger partial charge in [-0.05, 0) is 31.0 Å². The number of aromatic nitrogens is 2. The maximum atomic E-state index is 9.20. The first-order chi connectivity index (χ1) is 10.2. The summed E-state index contributed by atoms with van der Waals surface area (Å²) in [5.74, 6) is 7.83. The van der Waals surface area contributed by atoms with Crippen LogP contribution in [0, 0.1) is 11.3 Å². The summed E-state index contributed by atoms with van der Waals surface area (Å²) in [6.45, 7) is 0. The molecule has 106 valence electrons. The van der Waals surface area contributed by atoms with Gasteiger partial charge in [0.2, 0.25) is 0 Å². The quantitative estimate of drug-likeness (QED) is 0.582. The Balaban J connectivity index is 1.94. The molecule has 1 aliphatic rings. The van der Waals surface area contributed by atoms with Gasteiger partial charge in [-0.3, -0.25) is 0 Å². The Bertz CT molecular complexity index is 720. The van der Waals surface area contributed by atoms with E-state index in [1.54, 1.807) is 12.1 Å². The van der Waals surface area contributed by atoms with E-state index in [-0.39, 0.29) is 0 Å². The molecule has 4 N–H and O–H groups in total. The van der Waals surface area contributed by atoms with Crippen molar-refractivity contribution in [2.24, 2.45) is 5.84 Å². The number of halogens is 1. The smallest absolute Gasteiger partial charge is 0.145 e. The van der Waals surface area contributed by atoms with E-state index in [1.807, 2.05) is 12.1 Å². The van der Waals surface area contributed by atoms with Gasteiger partial charge >= 0.3 is 0 Å². The summed E-state index contributed by atoms with van der Waals surface area (Å²) in [4.78, 5) is 8.85. The molecule has 1 heterocycles. The van der Waals surface area contributed by atoms with Crippen molar-refractivity contribution in [1.82, 2.24) is 9.97 Å². The Labute approximate surface area is 130 Å². The van der Waals surface area contributed by atoms with E-state index < -0.39 is 0 Å². The number of nitriles is 1. The lowest BCUT2D eigenvalue weighted by Crippen LogP contribution is -2.11. The lowest BCUT2D eigenvalue weighted by molar-refractivity contribution is 0.929. The number of nitrogen functional groups attached to an aromatic ring is 1. The van der Waals surface area contributed by atoms with Gasteiger partial charge in [-0.25, -0.2) is 15.8 Å². The third-order valence-corrected chi connectivity index (χ3v) is 3.69. The Morgan fingerprint density at radius 3 is 2.67 bits per heavy atom. The van der Waals surface area contributed by atoms with E-state index in [1.165, 1.54) is 0 Å². The van der Waals surface area contributed by atoms with Crippen LogP contribution in [0.25, 0.3) is 0 Å². The predicted octanol–water partition coefficient (Wildman–Crippen LogP) is 3.02. The molecule has 0 amide bonds. The average Bonchev–Trinajstić information content (AvgIpc) is 3.33. The van der Waals surface area contributed by atoms with Crippen molar-refractivity contribution >= 4 is 33.3 Å². The van der Waals surface area contributed by atoms with Gasteiger partial charge < -0.3 is 10.7 Å². The second kappa shape index (κ2) is 5.68. The summed E-state index contributed by atoms with van der Waals surface area (Å²) in [6.07, 6.45) is 2.21. The summed E-state index contributed by atoms with van der Waals surface area (Å²) in [7, 11) is 0. The SMILES string of the molecule is N#Cc1cc(Br)ccc1Nc1cc(NN)nc(C2CC2)n1. The van der Waals surface area contributed by atoms with Crippen LogP contribution in [0.2, 0.25) is 0 Å². The highest BCUT2D eigenvalue weighted by atomic mass is 79.9. The first-order valence-electron chi connectivity index (χ1n) is 6.52. The number of rotatable bonds is 4. The van der Waals surface area contributed by atoms with Gasteiger partial charge in [0, 0.05) is 16.5 Å². The van der Waals surface area contributed by atoms with Gasteiger partial charge in [-0.2, -0.15) is 5.26 Å². The van der Waals surface area contributed by atoms with Crippen molar-refractivity contribution in [2.75, 3.05) is 10.7 Å². The fraction of sp³-hybridized carbons (Fsp3) is 0.214. The first kappa shape index (κ1) is 13.8. The van der Waals surface area contributed by atoms with Crippen LogP contribution >= 0.6 is 15.9 Å². The van der Waals surface area contributed by atoms with Crippen LogP contribution in [-0.2, 0) is 0 Å². The van der Waals surface area contributed by atoms with Gasteiger partial charge in [0.05, 0.1) is 11.3 Å². The third kappa shape index (κ3) is 3.12. The van der Waals surface area contributed by atoms with Crippen LogP contribution in [0.1, 0.15) is 30.1 Å². The van der Waals surface area contributed by atoms with Crippen LogP contribution in [0.5, 0.6) is 0 Å². The Hall–Kier alpha value is -2.17. The highest BCUT2D eigenvalue weighted by molar-refractivity contribution is 9.10.